The second-order valence-corrected chi connectivity index (χ2v) is 6.00. The zero-order valence-electron chi connectivity index (χ0n) is 13.8. The van der Waals surface area contributed by atoms with Gasteiger partial charge in [0.15, 0.2) is 0 Å². The molecule has 1 heterocycles. The van der Waals surface area contributed by atoms with Gasteiger partial charge in [0.05, 0.1) is 0 Å². The highest BCUT2D eigenvalue weighted by Gasteiger charge is 2.28. The largest absolute Gasteiger partial charge is 0.399 e. The van der Waals surface area contributed by atoms with Crippen molar-refractivity contribution in [1.82, 2.24) is 9.80 Å². The molecule has 1 aliphatic rings. The number of nitrogens with one attached hydrogen (secondary N) is 1. The SMILES string of the molecule is Cc1ccc(N)cc1NC(=O)C1CCN(C(=O)N(C)C)CC1.Cl. The second kappa shape index (κ2) is 8.06. The molecule has 128 valence electrons. The van der Waals surface area contributed by atoms with Crippen molar-refractivity contribution in [2.24, 2.45) is 5.92 Å². The number of aryl methyl sites for hydroxylation is 1. The molecule has 1 saturated heterocycles. The predicted molar refractivity (Wildman–Crippen MR) is 94.8 cm³/mol. The summed E-state index contributed by atoms with van der Waals surface area (Å²) in [7, 11) is 3.48. The van der Waals surface area contributed by atoms with Crippen molar-refractivity contribution in [1.29, 1.82) is 0 Å². The molecule has 1 aliphatic heterocycles. The van der Waals surface area contributed by atoms with Crippen LogP contribution in [0.1, 0.15) is 18.4 Å². The number of halogens is 1. The van der Waals surface area contributed by atoms with Crippen LogP contribution in [0.15, 0.2) is 18.2 Å². The molecule has 0 unspecified atom stereocenters. The molecule has 3 N–H and O–H groups in total. The number of likely N-dealkylation sites (tertiary alicyclic amines) is 1. The van der Waals surface area contributed by atoms with Crippen LogP contribution in [0.4, 0.5) is 16.2 Å². The monoisotopic (exact) mass is 340 g/mol. The average Bonchev–Trinajstić information content (AvgIpc) is 2.50. The van der Waals surface area contributed by atoms with Crippen LogP contribution in [0, 0.1) is 12.8 Å². The van der Waals surface area contributed by atoms with E-state index in [-0.39, 0.29) is 30.3 Å². The number of hydrogen-bond donors (Lipinski definition) is 2. The van der Waals surface area contributed by atoms with Crippen molar-refractivity contribution in [2.75, 3.05) is 38.2 Å². The van der Waals surface area contributed by atoms with E-state index in [1.54, 1.807) is 30.0 Å². The van der Waals surface area contributed by atoms with Gasteiger partial charge in [-0.05, 0) is 37.5 Å². The predicted octanol–water partition coefficient (Wildman–Crippen LogP) is 2.33. The van der Waals surface area contributed by atoms with Crippen molar-refractivity contribution in [3.8, 4) is 0 Å². The fraction of sp³-hybridized carbons (Fsp3) is 0.500. The van der Waals surface area contributed by atoms with Crippen LogP contribution < -0.4 is 11.1 Å². The summed E-state index contributed by atoms with van der Waals surface area (Å²) in [6.07, 6.45) is 1.37. The molecule has 0 aliphatic carbocycles. The van der Waals surface area contributed by atoms with Gasteiger partial charge in [0.25, 0.3) is 0 Å². The van der Waals surface area contributed by atoms with Crippen LogP contribution >= 0.6 is 12.4 Å². The zero-order chi connectivity index (χ0) is 16.3. The van der Waals surface area contributed by atoms with Gasteiger partial charge < -0.3 is 20.9 Å². The Morgan fingerprint density at radius 2 is 1.87 bits per heavy atom. The van der Waals surface area contributed by atoms with E-state index in [1.165, 1.54) is 0 Å². The fourth-order valence-corrected chi connectivity index (χ4v) is 2.62. The molecule has 1 aromatic rings. The van der Waals surface area contributed by atoms with E-state index < -0.39 is 0 Å². The summed E-state index contributed by atoms with van der Waals surface area (Å²) in [5.41, 5.74) is 8.14. The third kappa shape index (κ3) is 4.76. The van der Waals surface area contributed by atoms with Crippen molar-refractivity contribution >= 4 is 35.7 Å². The lowest BCUT2D eigenvalue weighted by Crippen LogP contribution is -2.45. The summed E-state index contributed by atoms with van der Waals surface area (Å²) >= 11 is 0. The summed E-state index contributed by atoms with van der Waals surface area (Å²) < 4.78 is 0. The number of carbonyl (C=O) groups is 2. The minimum atomic E-state index is -0.0629. The van der Waals surface area contributed by atoms with E-state index in [0.717, 1.165) is 11.3 Å². The number of carbonyl (C=O) groups excluding carboxylic acids is 2. The number of amides is 3. The maximum atomic E-state index is 12.4. The Bertz CT molecular complexity index is 569. The van der Waals surface area contributed by atoms with Crippen LogP contribution in [0.3, 0.4) is 0 Å². The van der Waals surface area contributed by atoms with Gasteiger partial charge in [0.1, 0.15) is 0 Å². The van der Waals surface area contributed by atoms with E-state index in [2.05, 4.69) is 5.32 Å². The standard InChI is InChI=1S/C16H24N4O2.ClH/c1-11-4-5-13(17)10-14(11)18-15(21)12-6-8-20(9-7-12)16(22)19(2)3;/h4-5,10,12H,6-9,17H2,1-3H3,(H,18,21);1H. The molecule has 0 saturated carbocycles. The van der Waals surface area contributed by atoms with Gasteiger partial charge in [-0.25, -0.2) is 4.79 Å². The average molecular weight is 341 g/mol. The Labute approximate surface area is 143 Å². The first-order valence-corrected chi connectivity index (χ1v) is 7.51. The van der Waals surface area contributed by atoms with Crippen LogP contribution in [0.25, 0.3) is 0 Å². The molecule has 0 aromatic heterocycles. The molecular weight excluding hydrogens is 316 g/mol. The van der Waals surface area contributed by atoms with Crippen molar-refractivity contribution in [3.05, 3.63) is 23.8 Å². The second-order valence-electron chi connectivity index (χ2n) is 6.00. The van der Waals surface area contributed by atoms with E-state index in [0.29, 0.717) is 31.6 Å². The van der Waals surface area contributed by atoms with Crippen LogP contribution in [-0.2, 0) is 4.79 Å². The van der Waals surface area contributed by atoms with Gasteiger partial charge in [-0.3, -0.25) is 4.79 Å². The highest BCUT2D eigenvalue weighted by atomic mass is 35.5. The number of nitrogens with two attached hydrogens (primary N) is 1. The number of nitrogen functional groups attached to an aromatic ring is 1. The lowest BCUT2D eigenvalue weighted by atomic mass is 9.96. The Balaban J connectivity index is 0.00000264. The van der Waals surface area contributed by atoms with Crippen LogP contribution in [-0.4, -0.2) is 48.9 Å². The quantitative estimate of drug-likeness (QED) is 0.811. The van der Waals surface area contributed by atoms with Crippen LogP contribution in [0.2, 0.25) is 0 Å². The molecule has 1 aromatic carbocycles. The Hall–Kier alpha value is -1.95. The summed E-state index contributed by atoms with van der Waals surface area (Å²) in [6, 6.07) is 5.49. The van der Waals surface area contributed by atoms with Crippen molar-refractivity contribution in [2.45, 2.75) is 19.8 Å². The first kappa shape index (κ1) is 19.1. The first-order chi connectivity index (χ1) is 10.4. The van der Waals surface area contributed by atoms with Gasteiger partial charge in [0.2, 0.25) is 5.91 Å². The van der Waals surface area contributed by atoms with Crippen molar-refractivity contribution < 1.29 is 9.59 Å². The molecular formula is C16H25ClN4O2. The van der Waals surface area contributed by atoms with Gasteiger partial charge in [-0.15, -0.1) is 12.4 Å². The number of hydrogen-bond acceptors (Lipinski definition) is 3. The van der Waals surface area contributed by atoms with Gasteiger partial charge in [-0.2, -0.15) is 0 Å². The van der Waals surface area contributed by atoms with E-state index in [9.17, 15) is 9.59 Å². The number of piperidine rings is 1. The molecule has 0 atom stereocenters. The third-order valence-corrected chi connectivity index (χ3v) is 4.04. The van der Waals surface area contributed by atoms with Gasteiger partial charge >= 0.3 is 6.03 Å². The minimum Gasteiger partial charge on any atom is -0.399 e. The van der Waals surface area contributed by atoms with Gasteiger partial charge in [-0.1, -0.05) is 6.07 Å². The molecule has 23 heavy (non-hydrogen) atoms. The molecule has 0 bridgehead atoms. The summed E-state index contributed by atoms with van der Waals surface area (Å²) in [6.45, 7) is 3.17. The van der Waals surface area contributed by atoms with Crippen molar-refractivity contribution in [3.63, 3.8) is 0 Å². The molecule has 2 rings (SSSR count). The normalized spacial score (nSPS) is 14.8. The summed E-state index contributed by atoms with van der Waals surface area (Å²) in [5, 5.41) is 2.95. The fourth-order valence-electron chi connectivity index (χ4n) is 2.62. The maximum Gasteiger partial charge on any atom is 0.319 e. The van der Waals surface area contributed by atoms with E-state index in [1.807, 2.05) is 19.1 Å². The summed E-state index contributed by atoms with van der Waals surface area (Å²) in [4.78, 5) is 27.6. The van der Waals surface area contributed by atoms with Gasteiger partial charge in [0, 0.05) is 44.5 Å². The lowest BCUT2D eigenvalue weighted by molar-refractivity contribution is -0.121. The number of urea groups is 1. The Morgan fingerprint density at radius 3 is 2.43 bits per heavy atom. The lowest BCUT2D eigenvalue weighted by Gasteiger charge is -2.33. The zero-order valence-corrected chi connectivity index (χ0v) is 14.7. The number of nitrogens with zero attached hydrogens (tertiary/aromatic N) is 2. The smallest absolute Gasteiger partial charge is 0.319 e. The highest BCUT2D eigenvalue weighted by Crippen LogP contribution is 2.23. The minimum absolute atomic E-state index is 0. The first-order valence-electron chi connectivity index (χ1n) is 7.51. The van der Waals surface area contributed by atoms with Crippen LogP contribution in [0.5, 0.6) is 0 Å². The number of anilines is 2. The summed E-state index contributed by atoms with van der Waals surface area (Å²) in [5.74, 6) is -0.0577. The van der Waals surface area contributed by atoms with E-state index >= 15 is 0 Å². The maximum absolute atomic E-state index is 12.4. The topological polar surface area (TPSA) is 78.7 Å². The number of rotatable bonds is 2. The highest BCUT2D eigenvalue weighted by molar-refractivity contribution is 5.94. The molecule has 7 heteroatoms. The Morgan fingerprint density at radius 1 is 1.26 bits per heavy atom. The molecule has 6 nitrogen and oxygen atoms in total. The molecule has 3 amide bonds. The molecule has 0 spiro atoms. The Kier molecular flexibility index (Phi) is 6.69. The van der Waals surface area contributed by atoms with E-state index in [4.69, 9.17) is 5.73 Å². The molecule has 0 radical (unpaired) electrons. The third-order valence-electron chi connectivity index (χ3n) is 4.04. The molecule has 1 fully saturated rings. The number of benzene rings is 1.